The lowest BCUT2D eigenvalue weighted by Crippen LogP contribution is -2.36. The molecule has 2 N–H and O–H groups in total. The predicted molar refractivity (Wildman–Crippen MR) is 86.4 cm³/mol. The largest absolute Gasteiger partial charge is 0.461 e. The molecule has 0 amide bonds. The van der Waals surface area contributed by atoms with Crippen LogP contribution in [0, 0.1) is 6.92 Å². The topological polar surface area (TPSA) is 45.6 Å². The molecule has 1 aromatic heterocycles. The van der Waals surface area contributed by atoms with Gasteiger partial charge in [-0.25, -0.2) is 0 Å². The first-order valence-corrected chi connectivity index (χ1v) is 7.70. The second-order valence-electron chi connectivity index (χ2n) is 6.22. The Morgan fingerprint density at radius 2 is 2.14 bits per heavy atom. The van der Waals surface area contributed by atoms with E-state index in [1.54, 1.807) is 0 Å². The van der Waals surface area contributed by atoms with Gasteiger partial charge in [0.1, 0.15) is 11.3 Å². The lowest BCUT2D eigenvalue weighted by molar-refractivity contribution is 0.220. The van der Waals surface area contributed by atoms with E-state index in [2.05, 4.69) is 43.0 Å². The van der Waals surface area contributed by atoms with E-state index in [0.29, 0.717) is 12.6 Å². The van der Waals surface area contributed by atoms with Crippen LogP contribution in [0.5, 0.6) is 0 Å². The highest BCUT2D eigenvalue weighted by atomic mass is 16.3. The van der Waals surface area contributed by atoms with Gasteiger partial charge in [0.15, 0.2) is 0 Å². The summed E-state index contributed by atoms with van der Waals surface area (Å²) in [6.07, 6.45) is 1.21. The number of benzene rings is 1. The first-order valence-electron chi connectivity index (χ1n) is 7.70. The molecule has 2 unspecified atom stereocenters. The summed E-state index contributed by atoms with van der Waals surface area (Å²) in [6, 6.07) is 9.14. The Kier molecular flexibility index (Phi) is 4.02. The number of hydrogen-bond donors (Lipinski definition) is 1. The van der Waals surface area contributed by atoms with Gasteiger partial charge in [-0.15, -0.1) is 0 Å². The summed E-state index contributed by atoms with van der Waals surface area (Å²) in [5, 5.41) is 1.21. The average molecular weight is 287 g/mol. The molecule has 1 aliphatic heterocycles. The minimum Gasteiger partial charge on any atom is -0.461 e. The molecule has 0 spiro atoms. The Hall–Kier alpha value is -1.36. The SMILES string of the molecule is Cc1oc2ccccc2c1C(CN)N1CCC(N(C)C)C1. The zero-order valence-electron chi connectivity index (χ0n) is 13.2. The number of aryl methyl sites for hydroxylation is 1. The molecule has 2 atom stereocenters. The van der Waals surface area contributed by atoms with Crippen molar-refractivity contribution >= 4 is 11.0 Å². The summed E-state index contributed by atoms with van der Waals surface area (Å²) in [5.41, 5.74) is 8.36. The molecule has 0 saturated carbocycles. The van der Waals surface area contributed by atoms with Crippen molar-refractivity contribution in [3.05, 3.63) is 35.6 Å². The van der Waals surface area contributed by atoms with Crippen LogP contribution in [0.15, 0.2) is 28.7 Å². The summed E-state index contributed by atoms with van der Waals surface area (Å²) < 4.78 is 5.92. The second-order valence-corrected chi connectivity index (χ2v) is 6.22. The lowest BCUT2D eigenvalue weighted by atomic mass is 10.0. The quantitative estimate of drug-likeness (QED) is 0.938. The molecule has 3 rings (SSSR count). The summed E-state index contributed by atoms with van der Waals surface area (Å²) in [6.45, 7) is 4.86. The van der Waals surface area contributed by atoms with E-state index in [1.165, 1.54) is 17.4 Å². The molecule has 1 aromatic carbocycles. The van der Waals surface area contributed by atoms with Crippen LogP contribution in [0.25, 0.3) is 11.0 Å². The Bertz CT molecular complexity index is 620. The van der Waals surface area contributed by atoms with Crippen molar-refractivity contribution in [2.75, 3.05) is 33.7 Å². The average Bonchev–Trinajstić information content (AvgIpc) is 3.06. The van der Waals surface area contributed by atoms with Gasteiger partial charge in [0, 0.05) is 36.6 Å². The fourth-order valence-electron chi connectivity index (χ4n) is 3.52. The summed E-state index contributed by atoms with van der Waals surface area (Å²) in [7, 11) is 4.31. The van der Waals surface area contributed by atoms with E-state index < -0.39 is 0 Å². The van der Waals surface area contributed by atoms with Crippen molar-refractivity contribution in [3.63, 3.8) is 0 Å². The number of nitrogens with two attached hydrogens (primary N) is 1. The number of hydrogen-bond acceptors (Lipinski definition) is 4. The second kappa shape index (κ2) is 5.79. The molecule has 4 nitrogen and oxygen atoms in total. The summed E-state index contributed by atoms with van der Waals surface area (Å²) in [5.74, 6) is 1.000. The molecule has 2 aromatic rings. The molecule has 1 aliphatic rings. The van der Waals surface area contributed by atoms with Crippen molar-refractivity contribution in [2.24, 2.45) is 5.73 Å². The number of furan rings is 1. The molecule has 114 valence electrons. The predicted octanol–water partition coefficient (Wildman–Crippen LogP) is 2.38. The van der Waals surface area contributed by atoms with Crippen LogP contribution in [-0.4, -0.2) is 49.6 Å². The molecule has 0 radical (unpaired) electrons. The third kappa shape index (κ3) is 2.59. The smallest absolute Gasteiger partial charge is 0.134 e. The van der Waals surface area contributed by atoms with Crippen LogP contribution in [0.4, 0.5) is 0 Å². The first kappa shape index (κ1) is 14.6. The maximum atomic E-state index is 6.13. The van der Waals surface area contributed by atoms with E-state index in [-0.39, 0.29) is 6.04 Å². The zero-order valence-corrected chi connectivity index (χ0v) is 13.2. The number of likely N-dealkylation sites (tertiary alicyclic amines) is 1. The highest BCUT2D eigenvalue weighted by Gasteiger charge is 2.32. The van der Waals surface area contributed by atoms with Gasteiger partial charge in [-0.05, 0) is 33.5 Å². The van der Waals surface area contributed by atoms with Crippen molar-refractivity contribution in [2.45, 2.75) is 25.4 Å². The Morgan fingerprint density at radius 1 is 1.38 bits per heavy atom. The summed E-state index contributed by atoms with van der Waals surface area (Å²) >= 11 is 0. The number of fused-ring (bicyclic) bond motifs is 1. The maximum Gasteiger partial charge on any atom is 0.134 e. The molecule has 4 heteroatoms. The van der Waals surface area contributed by atoms with Crippen molar-refractivity contribution < 1.29 is 4.42 Å². The Balaban J connectivity index is 1.94. The Labute approximate surface area is 126 Å². The molecule has 21 heavy (non-hydrogen) atoms. The van der Waals surface area contributed by atoms with Gasteiger partial charge in [0.05, 0.1) is 6.04 Å². The van der Waals surface area contributed by atoms with Crippen molar-refractivity contribution in [1.82, 2.24) is 9.80 Å². The van der Waals surface area contributed by atoms with Crippen molar-refractivity contribution in [1.29, 1.82) is 0 Å². The van der Waals surface area contributed by atoms with Crippen LogP contribution in [-0.2, 0) is 0 Å². The zero-order chi connectivity index (χ0) is 15.0. The van der Waals surface area contributed by atoms with Gasteiger partial charge in [-0.1, -0.05) is 18.2 Å². The molecular formula is C17H25N3O. The minimum atomic E-state index is 0.249. The van der Waals surface area contributed by atoms with Gasteiger partial charge >= 0.3 is 0 Å². The van der Waals surface area contributed by atoms with Gasteiger partial charge in [-0.3, -0.25) is 4.90 Å². The maximum absolute atomic E-state index is 6.13. The van der Waals surface area contributed by atoms with E-state index in [4.69, 9.17) is 10.2 Å². The molecule has 0 bridgehead atoms. The third-order valence-corrected chi connectivity index (χ3v) is 4.74. The van der Waals surface area contributed by atoms with Crippen LogP contribution < -0.4 is 5.73 Å². The monoisotopic (exact) mass is 287 g/mol. The minimum absolute atomic E-state index is 0.249. The van der Waals surface area contributed by atoms with Crippen molar-refractivity contribution in [3.8, 4) is 0 Å². The van der Waals surface area contributed by atoms with Gasteiger partial charge in [-0.2, -0.15) is 0 Å². The van der Waals surface area contributed by atoms with Gasteiger partial charge < -0.3 is 15.1 Å². The fourth-order valence-corrected chi connectivity index (χ4v) is 3.52. The normalized spacial score (nSPS) is 21.5. The molecule has 1 fully saturated rings. The van der Waals surface area contributed by atoms with E-state index in [1.807, 2.05) is 12.1 Å². The van der Waals surface area contributed by atoms with Crippen LogP contribution >= 0.6 is 0 Å². The molecular weight excluding hydrogens is 262 g/mol. The van der Waals surface area contributed by atoms with Crippen LogP contribution in [0.2, 0.25) is 0 Å². The standard InChI is InChI=1S/C17H25N3O/c1-12-17(14-6-4-5-7-16(14)21-12)15(10-18)20-9-8-13(11-20)19(2)3/h4-7,13,15H,8-11,18H2,1-3H3. The van der Waals surface area contributed by atoms with Crippen LogP contribution in [0.3, 0.4) is 0 Å². The van der Waals surface area contributed by atoms with E-state index in [9.17, 15) is 0 Å². The first-order chi connectivity index (χ1) is 10.1. The Morgan fingerprint density at radius 3 is 2.81 bits per heavy atom. The highest BCUT2D eigenvalue weighted by molar-refractivity contribution is 5.82. The van der Waals surface area contributed by atoms with E-state index >= 15 is 0 Å². The number of nitrogens with zero attached hydrogens (tertiary/aromatic N) is 2. The van der Waals surface area contributed by atoms with Gasteiger partial charge in [0.2, 0.25) is 0 Å². The molecule has 1 saturated heterocycles. The molecule has 0 aliphatic carbocycles. The lowest BCUT2D eigenvalue weighted by Gasteiger charge is -2.28. The van der Waals surface area contributed by atoms with Gasteiger partial charge in [0.25, 0.3) is 0 Å². The number of rotatable bonds is 4. The third-order valence-electron chi connectivity index (χ3n) is 4.74. The van der Waals surface area contributed by atoms with E-state index in [0.717, 1.165) is 24.4 Å². The highest BCUT2D eigenvalue weighted by Crippen LogP contribution is 2.35. The summed E-state index contributed by atoms with van der Waals surface area (Å²) in [4.78, 5) is 4.82. The number of likely N-dealkylation sites (N-methyl/N-ethyl adjacent to an activating group) is 1. The molecule has 2 heterocycles. The fraction of sp³-hybridized carbons (Fsp3) is 0.529. The number of para-hydroxylation sites is 1. The van der Waals surface area contributed by atoms with Crippen LogP contribution in [0.1, 0.15) is 23.8 Å².